The normalized spacial score (nSPS) is 30.0. The highest BCUT2D eigenvalue weighted by molar-refractivity contribution is 14.0. The van der Waals surface area contributed by atoms with E-state index in [1.165, 1.54) is 25.7 Å². The van der Waals surface area contributed by atoms with Crippen molar-refractivity contribution in [2.24, 2.45) is 16.3 Å². The van der Waals surface area contributed by atoms with Crippen LogP contribution < -0.4 is 20.1 Å². The molecule has 4 aliphatic rings. The fourth-order valence-electron chi connectivity index (χ4n) is 5.03. The summed E-state index contributed by atoms with van der Waals surface area (Å²) in [5.41, 5.74) is 1.51. The molecule has 5 rings (SSSR count). The third kappa shape index (κ3) is 2.74. The second kappa shape index (κ2) is 7.07. The fourth-order valence-corrected chi connectivity index (χ4v) is 5.03. The number of hydrogen-bond donors (Lipinski definition) is 2. The van der Waals surface area contributed by atoms with Crippen LogP contribution in [0.25, 0.3) is 0 Å². The van der Waals surface area contributed by atoms with Gasteiger partial charge in [-0.25, -0.2) is 0 Å². The minimum absolute atomic E-state index is 0. The molecule has 26 heavy (non-hydrogen) atoms. The van der Waals surface area contributed by atoms with Crippen molar-refractivity contribution in [3.63, 3.8) is 0 Å². The average Bonchev–Trinajstić information content (AvgIpc) is 3.21. The summed E-state index contributed by atoms with van der Waals surface area (Å²) in [7, 11) is 1.84. The lowest BCUT2D eigenvalue weighted by molar-refractivity contribution is -0.171. The van der Waals surface area contributed by atoms with E-state index in [2.05, 4.69) is 21.7 Å². The minimum Gasteiger partial charge on any atom is -0.454 e. The summed E-state index contributed by atoms with van der Waals surface area (Å²) >= 11 is 0. The highest BCUT2D eigenvalue weighted by Gasteiger charge is 2.66. The monoisotopic (exact) mass is 471 g/mol. The van der Waals surface area contributed by atoms with Crippen LogP contribution in [0.1, 0.15) is 31.2 Å². The molecule has 1 aromatic carbocycles. The number of benzene rings is 1. The molecule has 3 unspecified atom stereocenters. The van der Waals surface area contributed by atoms with E-state index in [0.29, 0.717) is 36.8 Å². The summed E-state index contributed by atoms with van der Waals surface area (Å²) in [6, 6.07) is 6.55. The van der Waals surface area contributed by atoms with Crippen LogP contribution >= 0.6 is 24.0 Å². The molecule has 2 aliphatic carbocycles. The third-order valence-corrected chi connectivity index (χ3v) is 6.45. The Hall–Kier alpha value is -1.22. The molecule has 2 heterocycles. The Morgan fingerprint density at radius 3 is 2.88 bits per heavy atom. The van der Waals surface area contributed by atoms with Crippen LogP contribution in [0.2, 0.25) is 0 Å². The third-order valence-electron chi connectivity index (χ3n) is 6.45. The molecule has 6 nitrogen and oxygen atoms in total. The molecule has 7 heteroatoms. The van der Waals surface area contributed by atoms with E-state index >= 15 is 0 Å². The zero-order chi connectivity index (χ0) is 16.9. The molecular formula is C19H26IN3O3. The summed E-state index contributed by atoms with van der Waals surface area (Å²) in [6.45, 7) is 1.93. The number of nitrogens with zero attached hydrogens (tertiary/aromatic N) is 1. The molecular weight excluding hydrogens is 445 g/mol. The van der Waals surface area contributed by atoms with Gasteiger partial charge in [0, 0.05) is 37.6 Å². The van der Waals surface area contributed by atoms with E-state index in [1.807, 2.05) is 19.2 Å². The molecule has 2 N–H and O–H groups in total. The average molecular weight is 471 g/mol. The Labute approximate surface area is 171 Å². The Morgan fingerprint density at radius 2 is 2.12 bits per heavy atom. The summed E-state index contributed by atoms with van der Waals surface area (Å²) in [4.78, 5) is 4.43. The number of fused-ring (bicyclic) bond motifs is 3. The summed E-state index contributed by atoms with van der Waals surface area (Å²) in [5.74, 6) is 3.16. The maximum Gasteiger partial charge on any atom is 0.231 e. The second-order valence-corrected chi connectivity index (χ2v) is 7.57. The molecule has 1 saturated heterocycles. The predicted molar refractivity (Wildman–Crippen MR) is 109 cm³/mol. The Bertz CT molecular complexity index is 707. The lowest BCUT2D eigenvalue weighted by Crippen LogP contribution is -2.72. The van der Waals surface area contributed by atoms with Gasteiger partial charge >= 0.3 is 0 Å². The van der Waals surface area contributed by atoms with Crippen molar-refractivity contribution in [2.45, 2.75) is 44.4 Å². The van der Waals surface area contributed by atoms with Crippen LogP contribution in [0.5, 0.6) is 11.5 Å². The standard InChI is InChI=1S/C19H25N3O3.HI/c1-20-18(21-10-12-3-4-14-15(9-12)25-11-24-14)22-16-13-5-8-23-17(13)19(16)6-2-7-19;/h3-4,9,13,16-17H,2,5-8,10-11H2,1H3,(H2,20,21,22);1H. The highest BCUT2D eigenvalue weighted by Crippen LogP contribution is 2.62. The van der Waals surface area contributed by atoms with Crippen LogP contribution in [0.4, 0.5) is 0 Å². The van der Waals surface area contributed by atoms with Gasteiger partial charge in [-0.2, -0.15) is 0 Å². The van der Waals surface area contributed by atoms with Gasteiger partial charge in [0.1, 0.15) is 0 Å². The first-order valence-corrected chi connectivity index (χ1v) is 9.27. The van der Waals surface area contributed by atoms with Crippen LogP contribution in [0, 0.1) is 11.3 Å². The van der Waals surface area contributed by atoms with Gasteiger partial charge in [-0.15, -0.1) is 24.0 Å². The second-order valence-electron chi connectivity index (χ2n) is 7.57. The van der Waals surface area contributed by atoms with Gasteiger partial charge in [0.25, 0.3) is 0 Å². The van der Waals surface area contributed by atoms with Gasteiger partial charge in [-0.1, -0.05) is 12.5 Å². The van der Waals surface area contributed by atoms with Crippen molar-refractivity contribution in [1.82, 2.24) is 10.6 Å². The van der Waals surface area contributed by atoms with E-state index in [0.717, 1.165) is 29.6 Å². The van der Waals surface area contributed by atoms with Crippen LogP contribution in [-0.4, -0.2) is 38.6 Å². The van der Waals surface area contributed by atoms with E-state index in [-0.39, 0.29) is 24.0 Å². The van der Waals surface area contributed by atoms with Gasteiger partial charge in [0.05, 0.1) is 6.10 Å². The number of guanidine groups is 1. The van der Waals surface area contributed by atoms with Crippen molar-refractivity contribution in [1.29, 1.82) is 0 Å². The molecule has 2 aliphatic heterocycles. The van der Waals surface area contributed by atoms with Gasteiger partial charge in [-0.3, -0.25) is 4.99 Å². The first-order chi connectivity index (χ1) is 12.3. The van der Waals surface area contributed by atoms with Crippen molar-refractivity contribution >= 4 is 29.9 Å². The van der Waals surface area contributed by atoms with Crippen molar-refractivity contribution in [3.05, 3.63) is 23.8 Å². The Balaban J connectivity index is 0.00000168. The first kappa shape index (κ1) is 18.2. The first-order valence-electron chi connectivity index (χ1n) is 9.27. The lowest BCUT2D eigenvalue weighted by atomic mass is 9.46. The number of hydrogen-bond acceptors (Lipinski definition) is 4. The summed E-state index contributed by atoms with van der Waals surface area (Å²) in [6.07, 6.45) is 5.54. The lowest BCUT2D eigenvalue weighted by Gasteiger charge is -2.63. The number of aliphatic imine (C=N–C) groups is 1. The molecule has 0 amide bonds. The van der Waals surface area contributed by atoms with Crippen molar-refractivity contribution in [3.8, 4) is 11.5 Å². The SMILES string of the molecule is CN=C(NCc1ccc2c(c1)OCO2)NC1C2CCOC2C12CCC2.I. The fraction of sp³-hybridized carbons (Fsp3) is 0.632. The number of nitrogens with one attached hydrogen (secondary N) is 2. The zero-order valence-electron chi connectivity index (χ0n) is 15.0. The molecule has 2 saturated carbocycles. The molecule has 0 radical (unpaired) electrons. The Kier molecular flexibility index (Phi) is 4.94. The number of halogens is 1. The van der Waals surface area contributed by atoms with E-state index in [1.54, 1.807) is 0 Å². The molecule has 1 spiro atoms. The highest BCUT2D eigenvalue weighted by atomic mass is 127. The number of ether oxygens (including phenoxy) is 3. The van der Waals surface area contributed by atoms with Crippen LogP contribution in [0.15, 0.2) is 23.2 Å². The van der Waals surface area contributed by atoms with Gasteiger partial charge in [-0.05, 0) is 37.0 Å². The maximum absolute atomic E-state index is 6.00. The van der Waals surface area contributed by atoms with Gasteiger partial charge in [0.15, 0.2) is 17.5 Å². The van der Waals surface area contributed by atoms with Crippen molar-refractivity contribution < 1.29 is 14.2 Å². The molecule has 0 bridgehead atoms. The van der Waals surface area contributed by atoms with E-state index in [4.69, 9.17) is 14.2 Å². The maximum atomic E-state index is 6.00. The minimum atomic E-state index is 0. The molecule has 3 atom stereocenters. The topological polar surface area (TPSA) is 64.1 Å². The molecule has 0 aromatic heterocycles. The predicted octanol–water partition coefficient (Wildman–Crippen LogP) is 2.66. The molecule has 142 valence electrons. The van der Waals surface area contributed by atoms with E-state index in [9.17, 15) is 0 Å². The number of rotatable bonds is 3. The largest absolute Gasteiger partial charge is 0.454 e. The van der Waals surface area contributed by atoms with Crippen LogP contribution in [-0.2, 0) is 11.3 Å². The molecule has 3 fully saturated rings. The smallest absolute Gasteiger partial charge is 0.231 e. The Morgan fingerprint density at radius 1 is 1.27 bits per heavy atom. The van der Waals surface area contributed by atoms with Crippen LogP contribution in [0.3, 0.4) is 0 Å². The molecule has 1 aromatic rings. The van der Waals surface area contributed by atoms with Gasteiger partial charge in [0.2, 0.25) is 6.79 Å². The zero-order valence-corrected chi connectivity index (χ0v) is 17.3. The summed E-state index contributed by atoms with van der Waals surface area (Å²) < 4.78 is 16.8. The van der Waals surface area contributed by atoms with Crippen molar-refractivity contribution in [2.75, 3.05) is 20.4 Å². The summed E-state index contributed by atoms with van der Waals surface area (Å²) in [5, 5.41) is 7.14. The van der Waals surface area contributed by atoms with Gasteiger partial charge < -0.3 is 24.8 Å². The quantitative estimate of drug-likeness (QED) is 0.403. The van der Waals surface area contributed by atoms with E-state index < -0.39 is 0 Å².